The Hall–Kier alpha value is -6.08. The second-order valence-electron chi connectivity index (χ2n) is 10.2. The van der Waals surface area contributed by atoms with Crippen LogP contribution in [0.1, 0.15) is 22.3 Å². The monoisotopic (exact) mass is 586 g/mol. The number of hydrogen-bond acceptors (Lipinski definition) is 13. The maximum atomic E-state index is 13.5. The molecule has 216 valence electrons. The number of carbonyl (C=O) groups excluding carboxylic acids is 1. The second kappa shape index (κ2) is 8.24. The molecule has 9 N–H and O–H groups in total. The summed E-state index contributed by atoms with van der Waals surface area (Å²) in [4.78, 5) is 26.9. The molecule has 4 aromatic carbocycles. The molecule has 0 fully saturated rings. The van der Waals surface area contributed by atoms with Crippen LogP contribution in [-0.2, 0) is 5.79 Å². The van der Waals surface area contributed by atoms with E-state index in [1.165, 1.54) is 6.07 Å². The van der Waals surface area contributed by atoms with Crippen LogP contribution in [0.2, 0.25) is 0 Å². The summed E-state index contributed by atoms with van der Waals surface area (Å²) < 4.78 is 12.0. The van der Waals surface area contributed by atoms with Crippen LogP contribution in [0, 0.1) is 0 Å². The molecule has 1 atom stereocenters. The molecule has 5 aromatic rings. The van der Waals surface area contributed by atoms with Gasteiger partial charge in [-0.05, 0) is 24.3 Å². The van der Waals surface area contributed by atoms with Gasteiger partial charge in [0.25, 0.3) is 0 Å². The highest BCUT2D eigenvalue weighted by atomic mass is 16.6. The Balaban J connectivity index is 1.81. The summed E-state index contributed by atoms with van der Waals surface area (Å²) in [5.41, 5.74) is -4.61. The molecule has 13 heteroatoms. The van der Waals surface area contributed by atoms with E-state index in [1.807, 2.05) is 0 Å². The topological polar surface area (TPSA) is 239 Å². The SMILES string of the molecule is O=C1CC2(O)Oc3c1c(O)cc(O)c3-c1c(ccc(O)c1O)-c1cc(=O)c3c(O)cc(O)c(c3o1)-c1c2ccc(O)c1O. The zero-order valence-electron chi connectivity index (χ0n) is 21.4. The normalized spacial score (nSPS) is 16.6. The van der Waals surface area contributed by atoms with Crippen LogP contribution >= 0.6 is 0 Å². The van der Waals surface area contributed by atoms with Gasteiger partial charge in [-0.15, -0.1) is 0 Å². The van der Waals surface area contributed by atoms with Gasteiger partial charge in [0, 0.05) is 40.5 Å². The third kappa shape index (κ3) is 3.30. The zero-order valence-corrected chi connectivity index (χ0v) is 21.4. The number of carbonyl (C=O) groups is 1. The summed E-state index contributed by atoms with van der Waals surface area (Å²) in [6, 6.07) is 6.65. The van der Waals surface area contributed by atoms with E-state index in [0.717, 1.165) is 36.4 Å². The van der Waals surface area contributed by atoms with Crippen molar-refractivity contribution < 1.29 is 59.9 Å². The number of ketones is 1. The number of rotatable bonds is 0. The number of phenols is 8. The van der Waals surface area contributed by atoms with Crippen LogP contribution in [-0.4, -0.2) is 51.7 Å². The van der Waals surface area contributed by atoms with Crippen molar-refractivity contribution in [2.24, 2.45) is 0 Å². The Kier molecular flexibility index (Phi) is 4.95. The smallest absolute Gasteiger partial charge is 0.243 e. The highest BCUT2D eigenvalue weighted by molar-refractivity contribution is 6.09. The molecule has 0 amide bonds. The lowest BCUT2D eigenvalue weighted by molar-refractivity contribution is -0.146. The summed E-state index contributed by atoms with van der Waals surface area (Å²) in [6.45, 7) is 0. The first kappa shape index (κ1) is 25.9. The summed E-state index contributed by atoms with van der Waals surface area (Å²) in [6.07, 6.45) is -0.917. The van der Waals surface area contributed by atoms with E-state index in [0.29, 0.717) is 0 Å². The van der Waals surface area contributed by atoms with E-state index in [1.54, 1.807) is 0 Å². The molecule has 0 radical (unpaired) electrons. The number of phenolic OH excluding ortho intramolecular Hbond substituents is 8. The fourth-order valence-corrected chi connectivity index (χ4v) is 5.78. The number of ether oxygens (including phenoxy) is 1. The first-order valence-electron chi connectivity index (χ1n) is 12.5. The first-order valence-corrected chi connectivity index (χ1v) is 12.5. The van der Waals surface area contributed by atoms with Gasteiger partial charge in [-0.3, -0.25) is 9.59 Å². The lowest BCUT2D eigenvalue weighted by Crippen LogP contribution is -2.40. The predicted octanol–water partition coefficient (Wildman–Crippen LogP) is 3.56. The van der Waals surface area contributed by atoms with Crippen LogP contribution < -0.4 is 10.2 Å². The molecule has 0 spiro atoms. The van der Waals surface area contributed by atoms with E-state index < -0.39 is 120 Å². The minimum Gasteiger partial charge on any atom is -0.507 e. The minimum absolute atomic E-state index is 0.197. The molecule has 0 saturated carbocycles. The number of Topliss-reactive ketones (excluding diaryl/α,β-unsaturated/α-hetero) is 1. The largest absolute Gasteiger partial charge is 0.507 e. The van der Waals surface area contributed by atoms with Gasteiger partial charge in [0.15, 0.2) is 39.8 Å². The fraction of sp³-hybridized carbons (Fsp3) is 0.0667. The van der Waals surface area contributed by atoms with Crippen molar-refractivity contribution in [3.8, 4) is 85.3 Å². The molecule has 7 rings (SSSR count). The molecule has 3 heterocycles. The van der Waals surface area contributed by atoms with Gasteiger partial charge in [0.05, 0.1) is 17.5 Å². The summed E-state index contributed by atoms with van der Waals surface area (Å²) in [5, 5.41) is 97.8. The molecular formula is C30H18O13. The lowest BCUT2D eigenvalue weighted by atomic mass is 9.84. The van der Waals surface area contributed by atoms with Crippen molar-refractivity contribution in [1.29, 1.82) is 0 Å². The van der Waals surface area contributed by atoms with Gasteiger partial charge >= 0.3 is 0 Å². The van der Waals surface area contributed by atoms with E-state index in [9.17, 15) is 55.5 Å². The average Bonchev–Trinajstić information content (AvgIpc) is 2.91. The summed E-state index contributed by atoms with van der Waals surface area (Å²) >= 11 is 0. The molecule has 0 aliphatic carbocycles. The van der Waals surface area contributed by atoms with Gasteiger partial charge in [-0.1, -0.05) is 0 Å². The quantitative estimate of drug-likeness (QED) is 0.118. The standard InChI is InChI=1S/C30H18O13/c31-11-3-1-9-19-7-17(37)22-13(33)5-16(36)25(28(22)42-19)21-10(2-4-12(32)27(21)40)30(41)8-18(38)23-14(34)6-15(35)24(29(23)43-30)20(9)26(11)39/h1-7,31-36,39-41H,8H2. The minimum atomic E-state index is -2.76. The summed E-state index contributed by atoms with van der Waals surface area (Å²) in [7, 11) is 0. The van der Waals surface area contributed by atoms with Crippen LogP contribution in [0.15, 0.2) is 51.7 Å². The number of aliphatic hydroxyl groups is 1. The Morgan fingerprint density at radius 2 is 1.23 bits per heavy atom. The molecular weight excluding hydrogens is 568 g/mol. The van der Waals surface area contributed by atoms with Crippen molar-refractivity contribution in [2.45, 2.75) is 12.2 Å². The molecule has 0 saturated heterocycles. The highest BCUT2D eigenvalue weighted by Gasteiger charge is 2.47. The van der Waals surface area contributed by atoms with Crippen LogP contribution in [0.25, 0.3) is 44.5 Å². The van der Waals surface area contributed by atoms with Crippen molar-refractivity contribution in [3.05, 3.63) is 63.8 Å². The molecule has 2 aliphatic rings. The predicted molar refractivity (Wildman–Crippen MR) is 146 cm³/mol. The number of hydrogen-bond donors (Lipinski definition) is 9. The Morgan fingerprint density at radius 1 is 0.628 bits per heavy atom. The molecule has 43 heavy (non-hydrogen) atoms. The third-order valence-electron chi connectivity index (χ3n) is 7.65. The zero-order chi connectivity index (χ0) is 30.7. The maximum absolute atomic E-state index is 13.5. The van der Waals surface area contributed by atoms with Crippen molar-refractivity contribution in [2.75, 3.05) is 0 Å². The molecule has 1 unspecified atom stereocenters. The lowest BCUT2D eigenvalue weighted by Gasteiger charge is -2.36. The number of benzene rings is 4. The third-order valence-corrected chi connectivity index (χ3v) is 7.65. The number of fused-ring (bicyclic) bond motifs is 8. The van der Waals surface area contributed by atoms with Gasteiger partial charge < -0.3 is 55.1 Å². The molecule has 1 aromatic heterocycles. The van der Waals surface area contributed by atoms with Crippen LogP contribution in [0.3, 0.4) is 0 Å². The molecule has 13 nitrogen and oxygen atoms in total. The van der Waals surface area contributed by atoms with E-state index >= 15 is 0 Å². The van der Waals surface area contributed by atoms with Crippen molar-refractivity contribution in [1.82, 2.24) is 0 Å². The Bertz CT molecular complexity index is 2180. The first-order chi connectivity index (χ1) is 20.3. The van der Waals surface area contributed by atoms with Gasteiger partial charge in [0.1, 0.15) is 45.5 Å². The van der Waals surface area contributed by atoms with Crippen LogP contribution in [0.4, 0.5) is 0 Å². The second-order valence-corrected chi connectivity index (χ2v) is 10.2. The molecule has 2 aliphatic heterocycles. The van der Waals surface area contributed by atoms with E-state index in [-0.39, 0.29) is 11.3 Å². The highest BCUT2D eigenvalue weighted by Crippen LogP contribution is 2.58. The number of aromatic hydroxyl groups is 8. The van der Waals surface area contributed by atoms with Gasteiger partial charge in [-0.25, -0.2) is 0 Å². The van der Waals surface area contributed by atoms with E-state index in [4.69, 9.17) is 9.15 Å². The van der Waals surface area contributed by atoms with Gasteiger partial charge in [0.2, 0.25) is 5.79 Å². The average molecular weight is 586 g/mol. The van der Waals surface area contributed by atoms with E-state index in [2.05, 4.69) is 0 Å². The Morgan fingerprint density at radius 3 is 1.95 bits per heavy atom. The fourth-order valence-electron chi connectivity index (χ4n) is 5.78. The molecule has 4 bridgehead atoms. The van der Waals surface area contributed by atoms with Gasteiger partial charge in [-0.2, -0.15) is 0 Å². The van der Waals surface area contributed by atoms with Crippen LogP contribution in [0.5, 0.6) is 51.7 Å². The van der Waals surface area contributed by atoms with Crippen molar-refractivity contribution >= 4 is 16.8 Å². The summed E-state index contributed by atoms with van der Waals surface area (Å²) in [5.74, 6) is -11.1. The maximum Gasteiger partial charge on any atom is 0.243 e. The Labute approximate surface area is 238 Å². The van der Waals surface area contributed by atoms with Crippen molar-refractivity contribution in [3.63, 3.8) is 0 Å².